The van der Waals surface area contributed by atoms with Crippen LogP contribution in [0.4, 0.5) is 52.4 Å². The third-order valence-electron chi connectivity index (χ3n) is 5.73. The Bertz CT molecular complexity index is 1520. The van der Waals surface area contributed by atoms with E-state index in [1.165, 1.54) is 0 Å². The number of carbonyl (C=O) groups is 5. The first-order valence-corrected chi connectivity index (χ1v) is 18.1. The molecule has 0 radical (unpaired) electrons. The second-order valence-electron chi connectivity index (χ2n) is 9.73. The number of amides is 10. The van der Waals surface area contributed by atoms with Crippen molar-refractivity contribution in [3.05, 3.63) is 152 Å². The van der Waals surface area contributed by atoms with Crippen molar-refractivity contribution in [3.63, 3.8) is 0 Å². The van der Waals surface area contributed by atoms with Gasteiger partial charge in [-0.1, -0.05) is 91.0 Å². The molecular weight excluding hydrogens is 896 g/mol. The monoisotopic (exact) mass is 940 g/mol. The van der Waals surface area contributed by atoms with Crippen LogP contribution in [0.5, 0.6) is 0 Å². The Hall–Kier alpha value is -6.15. The molecule has 25 heteroatoms. The zero-order chi connectivity index (χ0) is 40.5. The molecule has 0 fully saturated rings. The van der Waals surface area contributed by atoms with Crippen LogP contribution >= 0.6 is 0 Å². The Morgan fingerprint density at radius 3 is 0.467 bits per heavy atom. The van der Waals surface area contributed by atoms with Crippen molar-refractivity contribution in [2.24, 2.45) is 0 Å². The van der Waals surface area contributed by atoms with E-state index in [1.54, 1.807) is 0 Å². The molecule has 0 aromatic heterocycles. The molecule has 15 nitrogen and oxygen atoms in total. The molecular formula is C35H45F5N10O5S5. The van der Waals surface area contributed by atoms with Gasteiger partial charge in [0.2, 0.25) is 0 Å². The first kappa shape index (κ1) is 63.0. The number of urea groups is 5. The standard InChI is InChI=1S/5C7H8N2OS.5FH/c5*10-7(9-11)8-6-4-2-1-3-5-6;;;;;/h5*1-5,11H,(H2,8,9,10);5*1H. The van der Waals surface area contributed by atoms with Crippen molar-refractivity contribution in [1.82, 2.24) is 23.6 Å². The number of nitrogens with one attached hydrogen (secondary N) is 10. The summed E-state index contributed by atoms with van der Waals surface area (Å²) in [6.45, 7) is 0. The van der Waals surface area contributed by atoms with Crippen molar-refractivity contribution >= 4 is 123 Å². The molecule has 10 amide bonds. The Balaban J connectivity index is -0.000000206. The number of para-hydroxylation sites is 5. The van der Waals surface area contributed by atoms with E-state index in [4.69, 9.17) is 0 Å². The van der Waals surface area contributed by atoms with Crippen LogP contribution in [0.15, 0.2) is 152 Å². The number of anilines is 5. The van der Waals surface area contributed by atoms with Crippen LogP contribution in [-0.4, -0.2) is 30.2 Å². The number of hydrogen-bond acceptors (Lipinski definition) is 5. The number of rotatable bonds is 5. The van der Waals surface area contributed by atoms with Gasteiger partial charge in [0.05, 0.1) is 64.1 Å². The molecule has 0 atom stereocenters. The first-order chi connectivity index (χ1) is 26.6. The van der Waals surface area contributed by atoms with Gasteiger partial charge in [-0.3, -0.25) is 0 Å². The van der Waals surface area contributed by atoms with Gasteiger partial charge in [0.15, 0.2) is 0 Å². The summed E-state index contributed by atoms with van der Waals surface area (Å²) >= 11 is 14.3. The minimum atomic E-state index is -0.284. The number of benzene rings is 5. The zero-order valence-electron chi connectivity index (χ0n) is 30.9. The van der Waals surface area contributed by atoms with Gasteiger partial charge in [-0.15, -0.1) is 0 Å². The molecule has 0 aliphatic rings. The van der Waals surface area contributed by atoms with Crippen LogP contribution < -0.4 is 73.7 Å². The SMILES string of the molecule is O=C(N[SH2+])Nc1ccccc1.O=C(N[SH2+])Nc1ccccc1.O=C(N[SH2+])Nc1ccccc1.O=C(N[SH2+])Nc1ccccc1.O=C(N[SH2+])Nc1ccccc1.[F-].[F-].[F-].[F-].[F-]. The van der Waals surface area contributed by atoms with Gasteiger partial charge in [0.1, 0.15) is 0 Å². The Morgan fingerprint density at radius 1 is 0.250 bits per heavy atom. The van der Waals surface area contributed by atoms with Crippen molar-refractivity contribution < 1.29 is 47.5 Å². The highest BCUT2D eigenvalue weighted by Gasteiger charge is 2.01. The predicted octanol–water partition coefficient (Wildman–Crippen LogP) is -11.3. The van der Waals surface area contributed by atoms with Crippen LogP contribution in [0.25, 0.3) is 0 Å². The molecule has 0 spiro atoms. The lowest BCUT2D eigenvalue weighted by Gasteiger charge is -1.99. The van der Waals surface area contributed by atoms with E-state index in [9.17, 15) is 24.0 Å². The van der Waals surface area contributed by atoms with Crippen LogP contribution in [0.1, 0.15) is 0 Å². The maximum Gasteiger partial charge on any atom is 0.360 e. The summed E-state index contributed by atoms with van der Waals surface area (Å²) in [6.07, 6.45) is 0. The summed E-state index contributed by atoms with van der Waals surface area (Å²) in [5.41, 5.74) is 3.83. The normalized spacial score (nSPS) is 8.08. The van der Waals surface area contributed by atoms with Crippen molar-refractivity contribution in [2.75, 3.05) is 26.6 Å². The molecule has 5 aromatic rings. The van der Waals surface area contributed by atoms with Crippen LogP contribution in [-0.2, 0) is 64.1 Å². The average molecular weight is 941 g/mol. The third kappa shape index (κ3) is 32.9. The van der Waals surface area contributed by atoms with Gasteiger partial charge in [-0.05, 0) is 60.7 Å². The maximum absolute atomic E-state index is 10.7. The largest absolute Gasteiger partial charge is 1.00 e. The molecule has 0 saturated carbocycles. The van der Waals surface area contributed by atoms with E-state index >= 15 is 0 Å². The van der Waals surface area contributed by atoms with Crippen LogP contribution in [0.2, 0.25) is 0 Å². The Kier molecular flexibility index (Phi) is 43.1. The summed E-state index contributed by atoms with van der Waals surface area (Å²) in [5.74, 6) is 0. The zero-order valence-corrected chi connectivity index (χ0v) is 35.9. The van der Waals surface area contributed by atoms with Gasteiger partial charge in [0.25, 0.3) is 0 Å². The lowest BCUT2D eigenvalue weighted by Crippen LogP contribution is -3.00. The molecule has 0 bridgehead atoms. The van der Waals surface area contributed by atoms with E-state index in [2.05, 4.69) is 114 Å². The summed E-state index contributed by atoms with van der Waals surface area (Å²) < 4.78 is 11.3. The Morgan fingerprint density at radius 2 is 0.367 bits per heavy atom. The third-order valence-corrected chi connectivity index (χ3v) is 6.86. The molecule has 5 aromatic carbocycles. The quantitative estimate of drug-likeness (QED) is 0.0615. The van der Waals surface area contributed by atoms with Gasteiger partial charge in [0, 0.05) is 28.4 Å². The maximum atomic E-state index is 10.7. The molecule has 0 heterocycles. The predicted molar refractivity (Wildman–Crippen MR) is 244 cm³/mol. The first-order valence-electron chi connectivity index (χ1n) is 15.6. The lowest BCUT2D eigenvalue weighted by atomic mass is 10.3. The molecule has 0 saturated heterocycles. The second-order valence-corrected chi connectivity index (χ2v) is 11.0. The number of carbonyl (C=O) groups excluding carboxylic acids is 5. The van der Waals surface area contributed by atoms with Crippen LogP contribution in [0.3, 0.4) is 0 Å². The number of halogens is 5. The summed E-state index contributed by atoms with van der Waals surface area (Å²) in [4.78, 5) is 53.6. The topological polar surface area (TPSA) is 206 Å². The van der Waals surface area contributed by atoms with E-state index in [1.807, 2.05) is 152 Å². The van der Waals surface area contributed by atoms with E-state index in [0.717, 1.165) is 28.4 Å². The smallest absolute Gasteiger partial charge is 0.360 e. The highest BCUT2D eigenvalue weighted by molar-refractivity contribution is 7.57. The molecule has 330 valence electrons. The fraction of sp³-hybridized carbons (Fsp3) is 0. The highest BCUT2D eigenvalue weighted by Crippen LogP contribution is 2.06. The highest BCUT2D eigenvalue weighted by atomic mass is 32.1. The minimum absolute atomic E-state index is 0. The second kappa shape index (κ2) is 41.0. The number of hydrogen-bond donors (Lipinski definition) is 10. The minimum Gasteiger partial charge on any atom is -1.00 e. The summed E-state index contributed by atoms with van der Waals surface area (Å²) in [6, 6.07) is 44.6. The molecule has 10 N–H and O–H groups in total. The molecule has 0 aliphatic carbocycles. The molecule has 5 rings (SSSR count). The van der Waals surface area contributed by atoms with Gasteiger partial charge in [-0.25, -0.2) is 24.0 Å². The van der Waals surface area contributed by atoms with Gasteiger partial charge >= 0.3 is 30.2 Å². The van der Waals surface area contributed by atoms with Crippen molar-refractivity contribution in [1.29, 1.82) is 0 Å². The van der Waals surface area contributed by atoms with Crippen molar-refractivity contribution in [3.8, 4) is 0 Å². The average Bonchev–Trinajstić information content (AvgIpc) is 3.23. The molecule has 0 unspecified atom stereocenters. The van der Waals surface area contributed by atoms with Gasteiger partial charge in [-0.2, -0.15) is 23.6 Å². The van der Waals surface area contributed by atoms with E-state index in [-0.39, 0.29) is 53.7 Å². The van der Waals surface area contributed by atoms with Crippen LogP contribution in [0, 0.1) is 0 Å². The van der Waals surface area contributed by atoms with Crippen molar-refractivity contribution in [2.45, 2.75) is 0 Å². The lowest BCUT2D eigenvalue weighted by molar-refractivity contribution is -0.00100. The van der Waals surface area contributed by atoms with Gasteiger partial charge < -0.3 is 50.1 Å². The van der Waals surface area contributed by atoms with E-state index in [0.29, 0.717) is 0 Å². The summed E-state index contributed by atoms with van der Waals surface area (Å²) in [5, 5.41) is 13.0. The Labute approximate surface area is 370 Å². The molecule has 0 aliphatic heterocycles. The fourth-order valence-corrected chi connectivity index (χ4v) is 3.73. The summed E-state index contributed by atoms with van der Waals surface area (Å²) in [7, 11) is 0. The molecule has 60 heavy (non-hydrogen) atoms. The fourth-order valence-electron chi connectivity index (χ4n) is 3.42. The van der Waals surface area contributed by atoms with E-state index < -0.39 is 0 Å².